The summed E-state index contributed by atoms with van der Waals surface area (Å²) in [4.78, 5) is 11.4. The van der Waals surface area contributed by atoms with Gasteiger partial charge in [-0.15, -0.1) is 0 Å². The Hall–Kier alpha value is -1.64. The SMILES string of the molecule is COCCOCCOCCOC(=O)c1cc(N)n[nH]1. The molecule has 0 aliphatic heterocycles. The van der Waals surface area contributed by atoms with Gasteiger partial charge in [0.1, 0.15) is 18.1 Å². The highest BCUT2D eigenvalue weighted by Gasteiger charge is 2.09. The molecule has 0 radical (unpaired) electrons. The number of methoxy groups -OCH3 is 1. The van der Waals surface area contributed by atoms with Gasteiger partial charge in [-0.3, -0.25) is 5.10 Å². The van der Waals surface area contributed by atoms with Crippen molar-refractivity contribution in [3.8, 4) is 0 Å². The fraction of sp³-hybridized carbons (Fsp3) is 0.636. The van der Waals surface area contributed by atoms with Crippen molar-refractivity contribution in [1.82, 2.24) is 10.2 Å². The van der Waals surface area contributed by atoms with Crippen LogP contribution in [0.4, 0.5) is 5.82 Å². The Balaban J connectivity index is 1.95. The molecule has 108 valence electrons. The zero-order valence-electron chi connectivity index (χ0n) is 10.9. The maximum Gasteiger partial charge on any atom is 0.356 e. The molecule has 0 aromatic carbocycles. The van der Waals surface area contributed by atoms with Crippen molar-refractivity contribution in [2.45, 2.75) is 0 Å². The maximum absolute atomic E-state index is 11.4. The van der Waals surface area contributed by atoms with Gasteiger partial charge >= 0.3 is 5.97 Å². The molecule has 3 N–H and O–H groups in total. The number of nitrogens with zero attached hydrogens (tertiary/aromatic N) is 1. The minimum atomic E-state index is -0.510. The minimum Gasteiger partial charge on any atom is -0.459 e. The largest absolute Gasteiger partial charge is 0.459 e. The standard InChI is InChI=1S/C11H19N3O5/c1-16-2-3-17-4-5-18-6-7-19-11(15)9-8-10(12)14-13-9/h8H,2-7H2,1H3,(H3,12,13,14). The van der Waals surface area contributed by atoms with E-state index in [-0.39, 0.29) is 18.1 Å². The molecule has 0 aliphatic carbocycles. The van der Waals surface area contributed by atoms with E-state index in [9.17, 15) is 4.79 Å². The molecule has 0 atom stereocenters. The van der Waals surface area contributed by atoms with Crippen molar-refractivity contribution in [1.29, 1.82) is 0 Å². The fourth-order valence-corrected chi connectivity index (χ4v) is 1.18. The van der Waals surface area contributed by atoms with Crippen LogP contribution in [0.1, 0.15) is 10.5 Å². The number of carbonyl (C=O) groups excluding carboxylic acids is 1. The van der Waals surface area contributed by atoms with Gasteiger partial charge in [0, 0.05) is 13.2 Å². The molecule has 8 nitrogen and oxygen atoms in total. The van der Waals surface area contributed by atoms with Crippen molar-refractivity contribution in [3.63, 3.8) is 0 Å². The van der Waals surface area contributed by atoms with Crippen LogP contribution in [0.3, 0.4) is 0 Å². The number of nitrogens with one attached hydrogen (secondary N) is 1. The first-order chi connectivity index (χ1) is 9.24. The Kier molecular flexibility index (Phi) is 7.56. The zero-order chi connectivity index (χ0) is 13.9. The molecule has 8 heteroatoms. The van der Waals surface area contributed by atoms with E-state index in [0.29, 0.717) is 33.0 Å². The van der Waals surface area contributed by atoms with Crippen LogP contribution in [0.5, 0.6) is 0 Å². The molecule has 0 aliphatic rings. The second-order valence-corrected chi connectivity index (χ2v) is 3.56. The zero-order valence-corrected chi connectivity index (χ0v) is 10.9. The smallest absolute Gasteiger partial charge is 0.356 e. The van der Waals surface area contributed by atoms with E-state index >= 15 is 0 Å². The summed E-state index contributed by atoms with van der Waals surface area (Å²) >= 11 is 0. The second-order valence-electron chi connectivity index (χ2n) is 3.56. The van der Waals surface area contributed by atoms with E-state index in [1.54, 1.807) is 7.11 Å². The van der Waals surface area contributed by atoms with E-state index < -0.39 is 5.97 Å². The topological polar surface area (TPSA) is 109 Å². The van der Waals surface area contributed by atoms with Gasteiger partial charge in [0.2, 0.25) is 0 Å². The first-order valence-corrected chi connectivity index (χ1v) is 5.86. The van der Waals surface area contributed by atoms with Crippen LogP contribution in [0, 0.1) is 0 Å². The number of ether oxygens (including phenoxy) is 4. The quantitative estimate of drug-likeness (QED) is 0.450. The third-order valence-electron chi connectivity index (χ3n) is 2.08. The monoisotopic (exact) mass is 273 g/mol. The predicted molar refractivity (Wildman–Crippen MR) is 66.8 cm³/mol. The Bertz CT molecular complexity index is 369. The molecule has 1 heterocycles. The van der Waals surface area contributed by atoms with E-state index in [0.717, 1.165) is 0 Å². The van der Waals surface area contributed by atoms with Gasteiger partial charge in [-0.05, 0) is 0 Å². The first kappa shape index (κ1) is 15.4. The van der Waals surface area contributed by atoms with E-state index in [4.69, 9.17) is 24.7 Å². The normalized spacial score (nSPS) is 10.6. The van der Waals surface area contributed by atoms with Crippen molar-refractivity contribution in [2.24, 2.45) is 0 Å². The number of aromatic nitrogens is 2. The molecule has 1 aromatic rings. The van der Waals surface area contributed by atoms with Gasteiger partial charge in [-0.1, -0.05) is 0 Å². The lowest BCUT2D eigenvalue weighted by Gasteiger charge is -2.06. The first-order valence-electron chi connectivity index (χ1n) is 5.86. The van der Waals surface area contributed by atoms with Crippen LogP contribution in [0.15, 0.2) is 6.07 Å². The molecular weight excluding hydrogens is 254 g/mol. The van der Waals surface area contributed by atoms with Crippen LogP contribution in [-0.2, 0) is 18.9 Å². The highest BCUT2D eigenvalue weighted by molar-refractivity contribution is 5.87. The molecule has 1 aromatic heterocycles. The van der Waals surface area contributed by atoms with Crippen LogP contribution < -0.4 is 5.73 Å². The highest BCUT2D eigenvalue weighted by Crippen LogP contribution is 2.01. The molecule has 0 bridgehead atoms. The van der Waals surface area contributed by atoms with Crippen molar-refractivity contribution in [2.75, 3.05) is 52.5 Å². The number of H-pyrrole nitrogens is 1. The summed E-state index contributed by atoms with van der Waals surface area (Å²) in [6, 6.07) is 1.41. The van der Waals surface area contributed by atoms with Gasteiger partial charge < -0.3 is 24.7 Å². The predicted octanol–water partition coefficient (Wildman–Crippen LogP) is -0.172. The van der Waals surface area contributed by atoms with Crippen LogP contribution in [-0.4, -0.2) is 62.9 Å². The highest BCUT2D eigenvalue weighted by atomic mass is 16.6. The van der Waals surface area contributed by atoms with E-state index in [1.807, 2.05) is 0 Å². The molecule has 0 saturated carbocycles. The minimum absolute atomic E-state index is 0.163. The summed E-state index contributed by atoms with van der Waals surface area (Å²) in [6.45, 7) is 2.49. The number of anilines is 1. The number of hydrogen-bond donors (Lipinski definition) is 2. The van der Waals surface area contributed by atoms with E-state index in [2.05, 4.69) is 10.2 Å². The summed E-state index contributed by atoms with van der Waals surface area (Å²) in [7, 11) is 1.61. The van der Waals surface area contributed by atoms with Gasteiger partial charge in [-0.25, -0.2) is 4.79 Å². The Labute approximate surface area is 111 Å². The third kappa shape index (κ3) is 6.75. The number of aromatic amines is 1. The number of nitrogens with two attached hydrogens (primary N) is 1. The number of nitrogen functional groups attached to an aromatic ring is 1. The molecule has 0 spiro atoms. The van der Waals surface area contributed by atoms with Gasteiger partial charge in [-0.2, -0.15) is 5.10 Å². The average Bonchev–Trinajstić information content (AvgIpc) is 2.83. The summed E-state index contributed by atoms with van der Waals surface area (Å²) < 4.78 is 20.2. The number of esters is 1. The Morgan fingerprint density at radius 3 is 2.42 bits per heavy atom. The van der Waals surface area contributed by atoms with Gasteiger partial charge in [0.25, 0.3) is 0 Å². The van der Waals surface area contributed by atoms with Crippen molar-refractivity contribution < 1.29 is 23.7 Å². The lowest BCUT2D eigenvalue weighted by Crippen LogP contribution is -2.14. The van der Waals surface area contributed by atoms with Crippen LogP contribution in [0.2, 0.25) is 0 Å². The molecule has 0 saturated heterocycles. The molecule has 0 amide bonds. The Morgan fingerprint density at radius 1 is 1.21 bits per heavy atom. The maximum atomic E-state index is 11.4. The third-order valence-corrected chi connectivity index (χ3v) is 2.08. The summed E-state index contributed by atoms with van der Waals surface area (Å²) in [6.07, 6.45) is 0. The molecule has 1 rings (SSSR count). The second kappa shape index (κ2) is 9.31. The summed E-state index contributed by atoms with van der Waals surface area (Å²) in [5.41, 5.74) is 5.59. The van der Waals surface area contributed by atoms with Crippen LogP contribution >= 0.6 is 0 Å². The fourth-order valence-electron chi connectivity index (χ4n) is 1.18. The van der Waals surface area contributed by atoms with Gasteiger partial charge in [0.05, 0.1) is 33.0 Å². The number of hydrogen-bond acceptors (Lipinski definition) is 7. The molecule has 0 unspecified atom stereocenters. The lowest BCUT2D eigenvalue weighted by atomic mass is 10.4. The molecular formula is C11H19N3O5. The van der Waals surface area contributed by atoms with Crippen LogP contribution in [0.25, 0.3) is 0 Å². The summed E-state index contributed by atoms with van der Waals surface area (Å²) in [5, 5.41) is 6.09. The van der Waals surface area contributed by atoms with Gasteiger partial charge in [0.15, 0.2) is 0 Å². The average molecular weight is 273 g/mol. The number of rotatable bonds is 10. The molecule has 19 heavy (non-hydrogen) atoms. The van der Waals surface area contributed by atoms with Crippen molar-refractivity contribution >= 4 is 11.8 Å². The number of carbonyl (C=O) groups is 1. The lowest BCUT2D eigenvalue weighted by molar-refractivity contribution is 0.00549. The summed E-state index contributed by atoms with van der Waals surface area (Å²) in [5.74, 6) is -0.263. The van der Waals surface area contributed by atoms with E-state index in [1.165, 1.54) is 6.07 Å². The molecule has 0 fully saturated rings. The van der Waals surface area contributed by atoms with Crippen molar-refractivity contribution in [3.05, 3.63) is 11.8 Å². The Morgan fingerprint density at radius 2 is 1.84 bits per heavy atom.